The summed E-state index contributed by atoms with van der Waals surface area (Å²) in [4.78, 5) is 21.6. The molecule has 4 rings (SSSR count). The van der Waals surface area contributed by atoms with Crippen LogP contribution >= 0.6 is 0 Å². The van der Waals surface area contributed by atoms with Crippen molar-refractivity contribution >= 4 is 23.1 Å². The zero-order valence-electron chi connectivity index (χ0n) is 17.8. The quantitative estimate of drug-likeness (QED) is 0.514. The van der Waals surface area contributed by atoms with Crippen LogP contribution in [0.3, 0.4) is 0 Å². The molecule has 31 heavy (non-hydrogen) atoms. The van der Waals surface area contributed by atoms with Crippen molar-refractivity contribution < 1.29 is 14.3 Å². The lowest BCUT2D eigenvalue weighted by Crippen LogP contribution is -2.27. The number of nitrogens with two attached hydrogens (primary N) is 1. The largest absolute Gasteiger partial charge is 0.443 e. The molecule has 0 saturated heterocycles. The highest BCUT2D eigenvalue weighted by Crippen LogP contribution is 2.28. The Morgan fingerprint density at radius 2 is 1.87 bits per heavy atom. The van der Waals surface area contributed by atoms with Gasteiger partial charge in [0.05, 0.1) is 17.8 Å². The molecule has 8 nitrogen and oxygen atoms in total. The smallest absolute Gasteiger partial charge is 0.419 e. The van der Waals surface area contributed by atoms with E-state index in [4.69, 9.17) is 15.2 Å². The molecule has 0 spiro atoms. The summed E-state index contributed by atoms with van der Waals surface area (Å²) in [5, 5.41) is 0. The number of nitrogens with zero attached hydrogens (tertiary/aromatic N) is 4. The van der Waals surface area contributed by atoms with Crippen LogP contribution < -0.4 is 5.73 Å². The highest BCUT2D eigenvalue weighted by molar-refractivity contribution is 5.92. The summed E-state index contributed by atoms with van der Waals surface area (Å²) >= 11 is 0. The number of carbonyl (C=O) groups excluding carboxylic acids is 1. The van der Waals surface area contributed by atoms with Gasteiger partial charge in [-0.25, -0.2) is 9.78 Å². The Kier molecular flexibility index (Phi) is 5.48. The third-order valence-corrected chi connectivity index (χ3v) is 4.61. The summed E-state index contributed by atoms with van der Waals surface area (Å²) in [6, 6.07) is 15.3. The predicted octanol–water partition coefficient (Wildman–Crippen LogP) is 4.44. The van der Waals surface area contributed by atoms with Crippen LogP contribution in [-0.4, -0.2) is 30.8 Å². The standard InChI is InChI=1S/C23H25N5O3/c1-23(2,3)31-22(29)27-13-7-10-17(27)19-20-18(11-12-25-19)28(21(24)26-20)15-30-14-16-8-5-4-6-9-16/h4-13H,14-15H2,1-3H3,(H2,24,26). The number of hydrogen-bond donors (Lipinski definition) is 1. The number of rotatable bonds is 5. The molecule has 0 atom stereocenters. The zero-order valence-corrected chi connectivity index (χ0v) is 17.8. The van der Waals surface area contributed by atoms with Gasteiger partial charge in [0.1, 0.15) is 23.5 Å². The Morgan fingerprint density at radius 3 is 2.61 bits per heavy atom. The van der Waals surface area contributed by atoms with Crippen LogP contribution in [0.4, 0.5) is 10.7 Å². The molecule has 3 heterocycles. The average molecular weight is 419 g/mol. The van der Waals surface area contributed by atoms with Crippen LogP contribution in [0.5, 0.6) is 0 Å². The lowest BCUT2D eigenvalue weighted by molar-refractivity contribution is 0.0540. The van der Waals surface area contributed by atoms with Gasteiger partial charge in [0.2, 0.25) is 5.95 Å². The van der Waals surface area contributed by atoms with Gasteiger partial charge in [-0.15, -0.1) is 0 Å². The fourth-order valence-electron chi connectivity index (χ4n) is 3.27. The van der Waals surface area contributed by atoms with Gasteiger partial charge in [-0.1, -0.05) is 30.3 Å². The Bertz CT molecular complexity index is 1210. The van der Waals surface area contributed by atoms with E-state index in [1.54, 1.807) is 29.1 Å². The van der Waals surface area contributed by atoms with Gasteiger partial charge in [-0.2, -0.15) is 0 Å². The maximum absolute atomic E-state index is 12.6. The monoisotopic (exact) mass is 419 g/mol. The fraction of sp³-hybridized carbons (Fsp3) is 0.261. The second-order valence-corrected chi connectivity index (χ2v) is 8.13. The van der Waals surface area contributed by atoms with Gasteiger partial charge in [-0.05, 0) is 44.5 Å². The van der Waals surface area contributed by atoms with Crippen molar-refractivity contribution in [2.45, 2.75) is 39.7 Å². The van der Waals surface area contributed by atoms with Crippen molar-refractivity contribution in [2.24, 2.45) is 0 Å². The van der Waals surface area contributed by atoms with Crippen molar-refractivity contribution in [1.82, 2.24) is 19.1 Å². The van der Waals surface area contributed by atoms with Crippen LogP contribution in [0.25, 0.3) is 22.4 Å². The van der Waals surface area contributed by atoms with Crippen molar-refractivity contribution in [3.8, 4) is 11.4 Å². The molecule has 1 aromatic carbocycles. The van der Waals surface area contributed by atoms with E-state index in [1.807, 2.05) is 57.2 Å². The Balaban J connectivity index is 1.64. The van der Waals surface area contributed by atoms with Crippen LogP contribution in [0.15, 0.2) is 60.9 Å². The van der Waals surface area contributed by atoms with Crippen molar-refractivity contribution in [2.75, 3.05) is 5.73 Å². The molecule has 3 aromatic heterocycles. The minimum absolute atomic E-state index is 0.244. The van der Waals surface area contributed by atoms with Crippen LogP contribution in [0.2, 0.25) is 0 Å². The van der Waals surface area contributed by atoms with E-state index in [0.29, 0.717) is 29.5 Å². The van der Waals surface area contributed by atoms with E-state index in [-0.39, 0.29) is 6.73 Å². The molecule has 0 saturated carbocycles. The van der Waals surface area contributed by atoms with Crippen molar-refractivity contribution in [1.29, 1.82) is 0 Å². The number of benzene rings is 1. The van der Waals surface area contributed by atoms with E-state index in [0.717, 1.165) is 11.1 Å². The minimum atomic E-state index is -0.611. The molecule has 2 N–H and O–H groups in total. The summed E-state index contributed by atoms with van der Waals surface area (Å²) in [6.07, 6.45) is 2.83. The summed E-state index contributed by atoms with van der Waals surface area (Å²) in [6.45, 7) is 6.17. The van der Waals surface area contributed by atoms with Gasteiger partial charge in [0.25, 0.3) is 0 Å². The minimum Gasteiger partial charge on any atom is -0.443 e. The lowest BCUT2D eigenvalue weighted by atomic mass is 10.2. The number of pyridine rings is 1. The number of aromatic nitrogens is 4. The zero-order chi connectivity index (χ0) is 22.0. The van der Waals surface area contributed by atoms with Crippen molar-refractivity contribution in [3.05, 3.63) is 66.5 Å². The maximum Gasteiger partial charge on any atom is 0.419 e. The van der Waals surface area contributed by atoms with Crippen LogP contribution in [-0.2, 0) is 22.8 Å². The Morgan fingerprint density at radius 1 is 1.10 bits per heavy atom. The van der Waals surface area contributed by atoms with Gasteiger partial charge in [0.15, 0.2) is 0 Å². The second-order valence-electron chi connectivity index (χ2n) is 8.13. The first-order valence-corrected chi connectivity index (χ1v) is 9.97. The molecule has 0 bridgehead atoms. The highest BCUT2D eigenvalue weighted by Gasteiger charge is 2.22. The second kappa shape index (κ2) is 8.23. The van der Waals surface area contributed by atoms with E-state index in [9.17, 15) is 4.79 Å². The van der Waals surface area contributed by atoms with Gasteiger partial charge < -0.3 is 15.2 Å². The van der Waals surface area contributed by atoms with Crippen LogP contribution in [0, 0.1) is 0 Å². The summed E-state index contributed by atoms with van der Waals surface area (Å²) in [7, 11) is 0. The first-order chi connectivity index (χ1) is 14.8. The third-order valence-electron chi connectivity index (χ3n) is 4.61. The number of nitrogen functional groups attached to an aromatic ring is 1. The Labute approximate surface area is 180 Å². The van der Waals surface area contributed by atoms with Crippen LogP contribution in [0.1, 0.15) is 26.3 Å². The molecular formula is C23H25N5O3. The highest BCUT2D eigenvalue weighted by atomic mass is 16.6. The number of imidazole rings is 1. The van der Waals surface area contributed by atoms with Gasteiger partial charge in [0, 0.05) is 12.4 Å². The molecular weight excluding hydrogens is 394 g/mol. The van der Waals surface area contributed by atoms with Crippen molar-refractivity contribution in [3.63, 3.8) is 0 Å². The topological polar surface area (TPSA) is 97.2 Å². The molecule has 0 amide bonds. The average Bonchev–Trinajstić information content (AvgIpc) is 3.32. The number of hydrogen-bond acceptors (Lipinski definition) is 6. The van der Waals surface area contributed by atoms with Gasteiger partial charge >= 0.3 is 6.09 Å². The summed E-state index contributed by atoms with van der Waals surface area (Å²) in [5.41, 5.74) is 9.13. The van der Waals surface area contributed by atoms with E-state index in [1.165, 1.54) is 4.57 Å². The Hall–Kier alpha value is -3.65. The van der Waals surface area contributed by atoms with E-state index in [2.05, 4.69) is 9.97 Å². The van der Waals surface area contributed by atoms with E-state index >= 15 is 0 Å². The fourth-order valence-corrected chi connectivity index (χ4v) is 3.27. The summed E-state index contributed by atoms with van der Waals surface area (Å²) in [5.74, 6) is 0.313. The molecule has 8 heteroatoms. The first-order valence-electron chi connectivity index (χ1n) is 9.97. The molecule has 0 fully saturated rings. The van der Waals surface area contributed by atoms with Gasteiger partial charge in [-0.3, -0.25) is 14.1 Å². The molecule has 0 unspecified atom stereocenters. The lowest BCUT2D eigenvalue weighted by Gasteiger charge is -2.20. The number of ether oxygens (including phenoxy) is 2. The molecule has 0 aliphatic heterocycles. The predicted molar refractivity (Wildman–Crippen MR) is 118 cm³/mol. The SMILES string of the molecule is CC(C)(C)OC(=O)n1cccc1-c1nccc2c1nc(N)n2COCc1ccccc1. The molecule has 0 aliphatic rings. The maximum atomic E-state index is 12.6. The van der Waals surface area contributed by atoms with E-state index < -0.39 is 11.7 Å². The number of carbonyl (C=O) groups is 1. The number of fused-ring (bicyclic) bond motifs is 1. The normalized spacial score (nSPS) is 11.7. The summed E-state index contributed by atoms with van der Waals surface area (Å²) < 4.78 is 14.6. The molecule has 160 valence electrons. The molecule has 4 aromatic rings. The molecule has 0 aliphatic carbocycles. The third kappa shape index (κ3) is 4.44. The first kappa shape index (κ1) is 20.6. The molecule has 0 radical (unpaired) electrons. The number of anilines is 1.